The van der Waals surface area contributed by atoms with Crippen molar-refractivity contribution in [3.63, 3.8) is 0 Å². The Hall–Kier alpha value is -0.450. The average Bonchev–Trinajstić information content (AvgIpc) is 1.98. The molecule has 4 heteroatoms. The molecule has 12 heavy (non-hydrogen) atoms. The first-order valence-corrected chi connectivity index (χ1v) is 4.26. The fourth-order valence-electron chi connectivity index (χ4n) is 1.51. The third-order valence-corrected chi connectivity index (χ3v) is 2.10. The van der Waals surface area contributed by atoms with Crippen molar-refractivity contribution in [2.24, 2.45) is 0 Å². The molecular formula is C8H15NO3. The summed E-state index contributed by atoms with van der Waals surface area (Å²) in [6.45, 7) is 1.58. The van der Waals surface area contributed by atoms with Crippen LogP contribution in [0, 0.1) is 0 Å². The monoisotopic (exact) mass is 173 g/mol. The van der Waals surface area contributed by atoms with E-state index in [1.54, 1.807) is 6.92 Å². The SMILES string of the molecule is CC(O)NC1CCCC(=O)C1O. The van der Waals surface area contributed by atoms with Gasteiger partial charge in [0.25, 0.3) is 0 Å². The third kappa shape index (κ3) is 2.27. The Balaban J connectivity index is 2.46. The molecule has 0 heterocycles. The lowest BCUT2D eigenvalue weighted by Gasteiger charge is -2.28. The summed E-state index contributed by atoms with van der Waals surface area (Å²) < 4.78 is 0. The highest BCUT2D eigenvalue weighted by Gasteiger charge is 2.29. The molecular weight excluding hydrogens is 158 g/mol. The van der Waals surface area contributed by atoms with Gasteiger partial charge in [0.15, 0.2) is 5.78 Å². The Bertz CT molecular complexity index is 170. The van der Waals surface area contributed by atoms with E-state index in [2.05, 4.69) is 5.32 Å². The minimum absolute atomic E-state index is 0.126. The van der Waals surface area contributed by atoms with Crippen molar-refractivity contribution in [1.82, 2.24) is 5.32 Å². The first kappa shape index (κ1) is 9.64. The van der Waals surface area contributed by atoms with Crippen molar-refractivity contribution in [2.45, 2.75) is 44.6 Å². The fourth-order valence-corrected chi connectivity index (χ4v) is 1.51. The fraction of sp³-hybridized carbons (Fsp3) is 0.875. The highest BCUT2D eigenvalue weighted by atomic mass is 16.3. The van der Waals surface area contributed by atoms with Crippen LogP contribution in [0.2, 0.25) is 0 Å². The van der Waals surface area contributed by atoms with Gasteiger partial charge in [-0.3, -0.25) is 10.1 Å². The van der Waals surface area contributed by atoms with Crippen LogP contribution in [0.15, 0.2) is 0 Å². The van der Waals surface area contributed by atoms with Crippen LogP contribution < -0.4 is 5.32 Å². The van der Waals surface area contributed by atoms with E-state index < -0.39 is 12.3 Å². The molecule has 4 nitrogen and oxygen atoms in total. The molecule has 0 radical (unpaired) electrons. The molecule has 0 spiro atoms. The summed E-state index contributed by atoms with van der Waals surface area (Å²) in [6, 6.07) is -0.272. The van der Waals surface area contributed by atoms with Gasteiger partial charge in [0.05, 0.1) is 0 Å². The molecule has 3 N–H and O–H groups in total. The van der Waals surface area contributed by atoms with Gasteiger partial charge < -0.3 is 10.2 Å². The molecule has 0 bridgehead atoms. The molecule has 1 fully saturated rings. The number of hydrogen-bond acceptors (Lipinski definition) is 4. The Morgan fingerprint density at radius 3 is 2.92 bits per heavy atom. The molecule has 0 aromatic rings. The molecule has 0 aromatic heterocycles. The molecule has 0 amide bonds. The molecule has 1 aliphatic carbocycles. The molecule has 0 saturated heterocycles. The summed E-state index contributed by atoms with van der Waals surface area (Å²) >= 11 is 0. The largest absolute Gasteiger partial charge is 0.384 e. The van der Waals surface area contributed by atoms with Gasteiger partial charge in [-0.1, -0.05) is 0 Å². The molecule has 0 aliphatic heterocycles. The van der Waals surface area contributed by atoms with E-state index >= 15 is 0 Å². The number of aliphatic hydroxyl groups is 2. The van der Waals surface area contributed by atoms with Gasteiger partial charge in [-0.2, -0.15) is 0 Å². The quantitative estimate of drug-likeness (QED) is 0.487. The molecule has 70 valence electrons. The number of carbonyl (C=O) groups is 1. The van der Waals surface area contributed by atoms with Crippen LogP contribution in [0.4, 0.5) is 0 Å². The van der Waals surface area contributed by atoms with Crippen LogP contribution >= 0.6 is 0 Å². The standard InChI is InChI=1S/C8H15NO3/c1-5(10)9-6-3-2-4-7(11)8(6)12/h5-6,8-10,12H,2-4H2,1H3. The van der Waals surface area contributed by atoms with Gasteiger partial charge in [0.2, 0.25) is 0 Å². The summed E-state index contributed by atoms with van der Waals surface area (Å²) in [5, 5.41) is 21.1. The van der Waals surface area contributed by atoms with Gasteiger partial charge in [-0.25, -0.2) is 0 Å². The van der Waals surface area contributed by atoms with Crippen molar-refractivity contribution in [3.05, 3.63) is 0 Å². The van der Waals surface area contributed by atoms with Crippen LogP contribution in [-0.2, 0) is 4.79 Å². The first-order valence-electron chi connectivity index (χ1n) is 4.26. The number of aliphatic hydroxyl groups excluding tert-OH is 2. The lowest BCUT2D eigenvalue weighted by atomic mass is 9.91. The van der Waals surface area contributed by atoms with Crippen molar-refractivity contribution in [3.8, 4) is 0 Å². The smallest absolute Gasteiger partial charge is 0.162 e. The highest BCUT2D eigenvalue weighted by molar-refractivity contribution is 5.84. The number of rotatable bonds is 2. The Morgan fingerprint density at radius 1 is 1.67 bits per heavy atom. The molecule has 3 atom stereocenters. The topological polar surface area (TPSA) is 69.6 Å². The summed E-state index contributed by atoms with van der Waals surface area (Å²) in [4.78, 5) is 11.0. The lowest BCUT2D eigenvalue weighted by molar-refractivity contribution is -0.131. The predicted octanol–water partition coefficient (Wildman–Crippen LogP) is -0.603. The molecule has 3 unspecified atom stereocenters. The number of ketones is 1. The second-order valence-corrected chi connectivity index (χ2v) is 3.25. The Morgan fingerprint density at radius 2 is 2.33 bits per heavy atom. The molecule has 1 aliphatic rings. The lowest BCUT2D eigenvalue weighted by Crippen LogP contribution is -2.49. The van der Waals surface area contributed by atoms with E-state index in [1.807, 2.05) is 0 Å². The van der Waals surface area contributed by atoms with Crippen LogP contribution in [-0.4, -0.2) is 34.4 Å². The number of carbonyl (C=O) groups excluding carboxylic acids is 1. The van der Waals surface area contributed by atoms with E-state index in [1.165, 1.54) is 0 Å². The van der Waals surface area contributed by atoms with Gasteiger partial charge in [-0.05, 0) is 19.8 Å². The molecule has 0 aromatic carbocycles. The van der Waals surface area contributed by atoms with E-state index in [0.717, 1.165) is 12.8 Å². The maximum absolute atomic E-state index is 11.0. The van der Waals surface area contributed by atoms with E-state index in [9.17, 15) is 9.90 Å². The number of nitrogens with one attached hydrogen (secondary N) is 1. The summed E-state index contributed by atoms with van der Waals surface area (Å²) in [6.07, 6.45) is 0.390. The van der Waals surface area contributed by atoms with Gasteiger partial charge in [0, 0.05) is 12.5 Å². The summed E-state index contributed by atoms with van der Waals surface area (Å²) in [5.74, 6) is -0.126. The van der Waals surface area contributed by atoms with Crippen molar-refractivity contribution in [2.75, 3.05) is 0 Å². The van der Waals surface area contributed by atoms with E-state index in [-0.39, 0.29) is 11.8 Å². The summed E-state index contributed by atoms with van der Waals surface area (Å²) in [5.41, 5.74) is 0. The second-order valence-electron chi connectivity index (χ2n) is 3.25. The van der Waals surface area contributed by atoms with Crippen LogP contribution in [0.1, 0.15) is 26.2 Å². The third-order valence-electron chi connectivity index (χ3n) is 2.10. The van der Waals surface area contributed by atoms with Gasteiger partial charge in [-0.15, -0.1) is 0 Å². The second kappa shape index (κ2) is 3.98. The minimum atomic E-state index is -0.937. The first-order chi connectivity index (χ1) is 5.61. The zero-order valence-corrected chi connectivity index (χ0v) is 7.16. The Kier molecular flexibility index (Phi) is 3.20. The van der Waals surface area contributed by atoms with Crippen molar-refractivity contribution >= 4 is 5.78 Å². The normalized spacial score (nSPS) is 33.4. The average molecular weight is 173 g/mol. The number of Topliss-reactive ketones (excluding diaryl/α,β-unsaturated/α-hetero) is 1. The van der Waals surface area contributed by atoms with Crippen LogP contribution in [0.3, 0.4) is 0 Å². The van der Waals surface area contributed by atoms with Crippen LogP contribution in [0.5, 0.6) is 0 Å². The molecule has 1 rings (SSSR count). The zero-order chi connectivity index (χ0) is 9.14. The number of hydrogen-bond donors (Lipinski definition) is 3. The van der Waals surface area contributed by atoms with E-state index in [4.69, 9.17) is 5.11 Å². The zero-order valence-electron chi connectivity index (χ0n) is 7.16. The van der Waals surface area contributed by atoms with Gasteiger partial charge in [0.1, 0.15) is 12.3 Å². The predicted molar refractivity (Wildman–Crippen MR) is 43.5 cm³/mol. The van der Waals surface area contributed by atoms with Crippen molar-refractivity contribution < 1.29 is 15.0 Å². The van der Waals surface area contributed by atoms with Crippen LogP contribution in [0.25, 0.3) is 0 Å². The van der Waals surface area contributed by atoms with Crippen molar-refractivity contribution in [1.29, 1.82) is 0 Å². The summed E-state index contributed by atoms with van der Waals surface area (Å²) in [7, 11) is 0. The maximum atomic E-state index is 11.0. The maximum Gasteiger partial charge on any atom is 0.162 e. The minimum Gasteiger partial charge on any atom is -0.384 e. The van der Waals surface area contributed by atoms with Gasteiger partial charge >= 0.3 is 0 Å². The molecule has 1 saturated carbocycles. The highest BCUT2D eigenvalue weighted by Crippen LogP contribution is 2.15. The Labute approximate surface area is 71.6 Å². The van der Waals surface area contributed by atoms with E-state index in [0.29, 0.717) is 6.42 Å².